The molecule has 2 fully saturated rings. The zero-order valence-corrected chi connectivity index (χ0v) is 20.1. The third kappa shape index (κ3) is 5.23. The van der Waals surface area contributed by atoms with Crippen LogP contribution in [0.15, 0.2) is 23.3 Å². The van der Waals surface area contributed by atoms with Crippen molar-refractivity contribution in [2.75, 3.05) is 26.4 Å². The molecule has 190 valence electrons. The molecule has 0 aromatic heterocycles. The molecule has 3 rings (SSSR count). The van der Waals surface area contributed by atoms with Gasteiger partial charge in [0.15, 0.2) is 6.29 Å². The van der Waals surface area contributed by atoms with Crippen molar-refractivity contribution in [3.63, 3.8) is 0 Å². The summed E-state index contributed by atoms with van der Waals surface area (Å²) in [5.41, 5.74) is 1.26. The quantitative estimate of drug-likeness (QED) is 0.287. The van der Waals surface area contributed by atoms with Gasteiger partial charge in [0.1, 0.15) is 18.3 Å². The van der Waals surface area contributed by atoms with E-state index in [1.165, 1.54) is 0 Å². The maximum Gasteiger partial charge on any atom is 0.186 e. The second kappa shape index (κ2) is 10.8. The highest BCUT2D eigenvalue weighted by molar-refractivity contribution is 5.25. The number of aliphatic hydroxyl groups excluding tert-OH is 6. The first-order chi connectivity index (χ1) is 15.6. The van der Waals surface area contributed by atoms with Crippen molar-refractivity contribution in [3.8, 4) is 0 Å². The lowest BCUT2D eigenvalue weighted by Crippen LogP contribution is -2.60. The summed E-state index contributed by atoms with van der Waals surface area (Å²) < 4.78 is 11.8. The third-order valence-electron chi connectivity index (χ3n) is 8.43. The van der Waals surface area contributed by atoms with E-state index in [0.29, 0.717) is 0 Å². The monoisotopic (exact) mass is 470 g/mol. The molecule has 3 aliphatic rings. The average molecular weight is 471 g/mol. The lowest BCUT2D eigenvalue weighted by atomic mass is 9.47. The Morgan fingerprint density at radius 2 is 1.88 bits per heavy atom. The molecule has 0 aromatic rings. The molecule has 2 aliphatic carbocycles. The molecule has 1 saturated heterocycles. The number of allylic oxidation sites excluding steroid dienone is 1. The van der Waals surface area contributed by atoms with Gasteiger partial charge >= 0.3 is 0 Å². The predicted octanol–water partition coefficient (Wildman–Crippen LogP) is 0.883. The van der Waals surface area contributed by atoms with E-state index in [1.807, 2.05) is 13.0 Å². The van der Waals surface area contributed by atoms with Crippen LogP contribution in [0.2, 0.25) is 0 Å². The van der Waals surface area contributed by atoms with Crippen LogP contribution in [0.1, 0.15) is 52.9 Å². The highest BCUT2D eigenvalue weighted by atomic mass is 16.7. The van der Waals surface area contributed by atoms with E-state index >= 15 is 0 Å². The van der Waals surface area contributed by atoms with Crippen LogP contribution in [0.25, 0.3) is 0 Å². The Morgan fingerprint density at radius 1 is 1.15 bits per heavy atom. The Hall–Kier alpha value is -0.840. The first kappa shape index (κ1) is 26.8. The molecular weight excluding hydrogens is 428 g/mol. The fourth-order valence-corrected chi connectivity index (χ4v) is 6.65. The van der Waals surface area contributed by atoms with Crippen LogP contribution in [-0.4, -0.2) is 87.8 Å². The molecule has 1 saturated carbocycles. The van der Waals surface area contributed by atoms with Crippen molar-refractivity contribution in [1.29, 1.82) is 0 Å². The van der Waals surface area contributed by atoms with Gasteiger partial charge in [-0.05, 0) is 54.9 Å². The molecule has 1 aliphatic heterocycles. The van der Waals surface area contributed by atoms with Gasteiger partial charge < -0.3 is 40.1 Å². The van der Waals surface area contributed by atoms with E-state index in [0.717, 1.165) is 43.3 Å². The second-order valence-electron chi connectivity index (χ2n) is 10.7. The van der Waals surface area contributed by atoms with Crippen LogP contribution in [0.4, 0.5) is 0 Å². The molecule has 0 spiro atoms. The Kier molecular flexibility index (Phi) is 8.78. The molecule has 33 heavy (non-hydrogen) atoms. The molecule has 0 unspecified atom stereocenters. The summed E-state index contributed by atoms with van der Waals surface area (Å²) in [6.07, 6.45) is 2.39. The van der Waals surface area contributed by atoms with E-state index in [4.69, 9.17) is 9.47 Å². The van der Waals surface area contributed by atoms with Crippen LogP contribution >= 0.6 is 0 Å². The van der Waals surface area contributed by atoms with Gasteiger partial charge in [0.25, 0.3) is 0 Å². The van der Waals surface area contributed by atoms with Crippen molar-refractivity contribution in [3.05, 3.63) is 23.3 Å². The maximum absolute atomic E-state index is 10.5. The molecule has 0 radical (unpaired) electrons. The van der Waals surface area contributed by atoms with Crippen LogP contribution in [0, 0.1) is 22.7 Å². The Bertz CT molecular complexity index is 723. The van der Waals surface area contributed by atoms with Crippen LogP contribution in [0.5, 0.6) is 0 Å². The van der Waals surface area contributed by atoms with E-state index < -0.39 is 36.1 Å². The average Bonchev–Trinajstić information content (AvgIpc) is 2.78. The lowest BCUT2D eigenvalue weighted by molar-refractivity contribution is -0.294. The van der Waals surface area contributed by atoms with Crippen molar-refractivity contribution >= 4 is 0 Å². The highest BCUT2D eigenvalue weighted by Gasteiger charge is 2.58. The largest absolute Gasteiger partial charge is 0.396 e. The van der Waals surface area contributed by atoms with Gasteiger partial charge in [0.2, 0.25) is 0 Å². The van der Waals surface area contributed by atoms with Crippen molar-refractivity contribution in [2.24, 2.45) is 22.7 Å². The Labute approximate surface area is 196 Å². The van der Waals surface area contributed by atoms with Gasteiger partial charge in [0, 0.05) is 12.5 Å². The first-order valence-electron chi connectivity index (χ1n) is 12.1. The summed E-state index contributed by atoms with van der Waals surface area (Å²) in [5.74, 6) is -0.0313. The number of aliphatic hydroxyl groups is 6. The summed E-state index contributed by atoms with van der Waals surface area (Å²) in [6, 6.07) is 0. The van der Waals surface area contributed by atoms with Crippen molar-refractivity contribution in [1.82, 2.24) is 0 Å². The molecule has 0 amide bonds. The van der Waals surface area contributed by atoms with Crippen LogP contribution in [-0.2, 0) is 9.47 Å². The number of ether oxygens (including phenoxy) is 2. The molecule has 1 heterocycles. The summed E-state index contributed by atoms with van der Waals surface area (Å²) in [5, 5.41) is 60.3. The van der Waals surface area contributed by atoms with Gasteiger partial charge in [0.05, 0.1) is 25.9 Å². The SMILES string of the molecule is C/C(=C\CO)CC[C@H]1C(CO)=C[C@H](O[C@H]2OC[C@H](O)[C@H](O)[C@@H]2O)[C@H]2[C@@](C)(CO)CCC[C@]12C. The van der Waals surface area contributed by atoms with Crippen LogP contribution in [0.3, 0.4) is 0 Å². The maximum atomic E-state index is 10.5. The van der Waals surface area contributed by atoms with Gasteiger partial charge in [-0.25, -0.2) is 0 Å². The van der Waals surface area contributed by atoms with Gasteiger partial charge in [-0.2, -0.15) is 0 Å². The summed E-state index contributed by atoms with van der Waals surface area (Å²) in [4.78, 5) is 0. The second-order valence-corrected chi connectivity index (χ2v) is 10.7. The first-order valence-corrected chi connectivity index (χ1v) is 12.1. The summed E-state index contributed by atoms with van der Waals surface area (Å²) in [6.45, 7) is 5.98. The Morgan fingerprint density at radius 3 is 2.52 bits per heavy atom. The standard InChI is InChI=1S/C25H42O8/c1-15(7-10-26)5-6-17-16(12-27)11-19(33-23-21(31)20(30)18(29)13-32-23)22-24(2,14-28)8-4-9-25(17,22)3/h7,11,17-23,26-31H,4-6,8-10,12-14H2,1-3H3/b15-7+/t17-,18-,19-,20-,21-,22-,23+,24+,25+/m0/s1. The number of rotatable bonds is 8. The molecule has 0 aromatic carbocycles. The van der Waals surface area contributed by atoms with Crippen LogP contribution < -0.4 is 0 Å². The molecular formula is C25H42O8. The minimum absolute atomic E-state index is 0.00184. The molecule has 8 heteroatoms. The van der Waals surface area contributed by atoms with Gasteiger partial charge in [-0.3, -0.25) is 0 Å². The van der Waals surface area contributed by atoms with E-state index in [1.54, 1.807) is 6.08 Å². The zero-order chi connectivity index (χ0) is 24.4. The summed E-state index contributed by atoms with van der Waals surface area (Å²) in [7, 11) is 0. The van der Waals surface area contributed by atoms with E-state index in [9.17, 15) is 30.6 Å². The molecule has 0 bridgehead atoms. The van der Waals surface area contributed by atoms with E-state index in [-0.39, 0.29) is 43.7 Å². The third-order valence-corrected chi connectivity index (χ3v) is 8.43. The highest BCUT2D eigenvalue weighted by Crippen LogP contribution is 2.61. The Balaban J connectivity index is 1.96. The number of fused-ring (bicyclic) bond motifs is 1. The fourth-order valence-electron chi connectivity index (χ4n) is 6.65. The normalized spacial score (nSPS) is 44.3. The minimum atomic E-state index is -1.40. The molecule has 8 nitrogen and oxygen atoms in total. The smallest absolute Gasteiger partial charge is 0.186 e. The van der Waals surface area contributed by atoms with Gasteiger partial charge in [-0.1, -0.05) is 38.0 Å². The molecule has 6 N–H and O–H groups in total. The minimum Gasteiger partial charge on any atom is -0.396 e. The predicted molar refractivity (Wildman–Crippen MR) is 122 cm³/mol. The number of hydrogen-bond donors (Lipinski definition) is 6. The molecule has 9 atom stereocenters. The number of hydrogen-bond acceptors (Lipinski definition) is 8. The topological polar surface area (TPSA) is 140 Å². The van der Waals surface area contributed by atoms with Crippen molar-refractivity contribution < 1.29 is 40.1 Å². The zero-order valence-electron chi connectivity index (χ0n) is 20.1. The lowest BCUT2D eigenvalue weighted by Gasteiger charge is -2.60. The van der Waals surface area contributed by atoms with Gasteiger partial charge in [-0.15, -0.1) is 0 Å². The fraction of sp³-hybridized carbons (Fsp3) is 0.840. The van der Waals surface area contributed by atoms with Crippen molar-refractivity contribution in [2.45, 2.75) is 83.6 Å². The van der Waals surface area contributed by atoms with E-state index in [2.05, 4.69) is 13.8 Å². The summed E-state index contributed by atoms with van der Waals surface area (Å²) >= 11 is 0.